The highest BCUT2D eigenvalue weighted by molar-refractivity contribution is 5.80. The van der Waals surface area contributed by atoms with Gasteiger partial charge in [-0.25, -0.2) is 4.39 Å². The van der Waals surface area contributed by atoms with E-state index in [2.05, 4.69) is 4.98 Å². The summed E-state index contributed by atoms with van der Waals surface area (Å²) in [5.41, 5.74) is 1.95. The predicted octanol–water partition coefficient (Wildman–Crippen LogP) is 3.63. The quantitative estimate of drug-likeness (QED) is 0.817. The molecule has 0 amide bonds. The van der Waals surface area contributed by atoms with Crippen molar-refractivity contribution in [2.45, 2.75) is 38.5 Å². The topological polar surface area (TPSA) is 32.9 Å². The Bertz CT molecular complexity index is 653. The van der Waals surface area contributed by atoms with Crippen LogP contribution in [0.2, 0.25) is 0 Å². The van der Waals surface area contributed by atoms with E-state index in [0.717, 1.165) is 24.1 Å². The first kappa shape index (κ1) is 11.5. The van der Waals surface area contributed by atoms with Crippen LogP contribution in [0.25, 0.3) is 10.9 Å². The Labute approximate surface area is 105 Å². The molecule has 1 heterocycles. The maximum Gasteiger partial charge on any atom is 0.189 e. The minimum atomic E-state index is -0.332. The minimum absolute atomic E-state index is 0.0757. The van der Waals surface area contributed by atoms with Crippen LogP contribution in [0.4, 0.5) is 4.39 Å². The molecule has 0 bridgehead atoms. The minimum Gasteiger partial charge on any atom is -0.356 e. The third-order valence-electron chi connectivity index (χ3n) is 3.85. The molecule has 1 fully saturated rings. The fourth-order valence-electron chi connectivity index (χ4n) is 2.92. The molecule has 1 aliphatic carbocycles. The smallest absolute Gasteiger partial charge is 0.189 e. The first-order valence-electron chi connectivity index (χ1n) is 6.48. The largest absolute Gasteiger partial charge is 0.356 e. The fourth-order valence-corrected chi connectivity index (χ4v) is 2.92. The van der Waals surface area contributed by atoms with E-state index in [-0.39, 0.29) is 11.2 Å². The van der Waals surface area contributed by atoms with E-state index in [1.807, 2.05) is 0 Å². The van der Waals surface area contributed by atoms with Gasteiger partial charge in [0.2, 0.25) is 0 Å². The molecule has 0 aliphatic heterocycles. The van der Waals surface area contributed by atoms with Gasteiger partial charge in [0.15, 0.2) is 5.43 Å². The Morgan fingerprint density at radius 2 is 1.94 bits per heavy atom. The Hall–Kier alpha value is -1.64. The van der Waals surface area contributed by atoms with Crippen molar-refractivity contribution < 1.29 is 4.39 Å². The summed E-state index contributed by atoms with van der Waals surface area (Å²) >= 11 is 0. The molecule has 0 unspecified atom stereocenters. The zero-order valence-electron chi connectivity index (χ0n) is 10.4. The van der Waals surface area contributed by atoms with Gasteiger partial charge in [0.25, 0.3) is 0 Å². The lowest BCUT2D eigenvalue weighted by molar-refractivity contribution is 0.632. The standard InChI is InChI=1S/C15H16FNO/c1-9-6-11-14(18)8-13(10-4-2-3-5-10)17-15(11)12(16)7-9/h6-8,10H,2-5H2,1H3,(H,17,18). The summed E-state index contributed by atoms with van der Waals surface area (Å²) < 4.78 is 13.9. The van der Waals surface area contributed by atoms with Gasteiger partial charge in [-0.2, -0.15) is 0 Å². The normalized spacial score (nSPS) is 16.6. The number of aromatic amines is 1. The number of rotatable bonds is 1. The van der Waals surface area contributed by atoms with Crippen molar-refractivity contribution in [3.8, 4) is 0 Å². The summed E-state index contributed by atoms with van der Waals surface area (Å²) in [7, 11) is 0. The van der Waals surface area contributed by atoms with Gasteiger partial charge in [-0.05, 0) is 43.4 Å². The third-order valence-corrected chi connectivity index (χ3v) is 3.85. The Morgan fingerprint density at radius 1 is 1.22 bits per heavy atom. The number of benzene rings is 1. The Balaban J connectivity index is 2.23. The van der Waals surface area contributed by atoms with Crippen LogP contribution in [0.1, 0.15) is 42.9 Å². The van der Waals surface area contributed by atoms with Crippen LogP contribution in [0.5, 0.6) is 0 Å². The molecule has 0 radical (unpaired) electrons. The summed E-state index contributed by atoms with van der Waals surface area (Å²) in [6, 6.07) is 4.86. The zero-order chi connectivity index (χ0) is 12.7. The van der Waals surface area contributed by atoms with Gasteiger partial charge in [0.1, 0.15) is 5.82 Å². The van der Waals surface area contributed by atoms with Gasteiger partial charge in [-0.15, -0.1) is 0 Å². The lowest BCUT2D eigenvalue weighted by Crippen LogP contribution is -2.08. The molecule has 18 heavy (non-hydrogen) atoms. The number of hydrogen-bond donors (Lipinski definition) is 1. The van der Waals surface area contributed by atoms with Gasteiger partial charge >= 0.3 is 0 Å². The molecule has 2 nitrogen and oxygen atoms in total. The lowest BCUT2D eigenvalue weighted by atomic mass is 10.0. The highest BCUT2D eigenvalue weighted by Crippen LogP contribution is 2.33. The van der Waals surface area contributed by atoms with Crippen molar-refractivity contribution in [1.82, 2.24) is 4.98 Å². The van der Waals surface area contributed by atoms with Gasteiger partial charge in [0, 0.05) is 17.1 Å². The Kier molecular flexibility index (Phi) is 2.69. The van der Waals surface area contributed by atoms with Crippen molar-refractivity contribution in [2.24, 2.45) is 0 Å². The molecule has 1 aromatic carbocycles. The Morgan fingerprint density at radius 3 is 2.67 bits per heavy atom. The second-order valence-corrected chi connectivity index (χ2v) is 5.24. The number of nitrogens with one attached hydrogen (secondary N) is 1. The van der Waals surface area contributed by atoms with Gasteiger partial charge in [-0.1, -0.05) is 12.8 Å². The van der Waals surface area contributed by atoms with Crippen LogP contribution in [0, 0.1) is 12.7 Å². The molecule has 1 N–H and O–H groups in total. The average molecular weight is 245 g/mol. The van der Waals surface area contributed by atoms with E-state index in [4.69, 9.17) is 0 Å². The first-order chi connectivity index (χ1) is 8.65. The SMILES string of the molecule is Cc1cc(F)c2[nH]c(C3CCCC3)cc(=O)c2c1. The summed E-state index contributed by atoms with van der Waals surface area (Å²) in [5.74, 6) is 0.0600. The first-order valence-corrected chi connectivity index (χ1v) is 6.48. The number of fused-ring (bicyclic) bond motifs is 1. The zero-order valence-corrected chi connectivity index (χ0v) is 10.4. The molecule has 94 valence electrons. The van der Waals surface area contributed by atoms with Gasteiger partial charge < -0.3 is 4.98 Å². The maximum absolute atomic E-state index is 13.9. The number of pyridine rings is 1. The molecular formula is C15H16FNO. The van der Waals surface area contributed by atoms with Crippen molar-refractivity contribution in [3.05, 3.63) is 45.5 Å². The molecule has 1 aromatic heterocycles. The van der Waals surface area contributed by atoms with E-state index in [1.54, 1.807) is 19.1 Å². The van der Waals surface area contributed by atoms with Crippen LogP contribution in [-0.4, -0.2) is 4.98 Å². The van der Waals surface area contributed by atoms with Gasteiger partial charge in [0.05, 0.1) is 5.52 Å². The molecule has 2 aromatic rings. The van der Waals surface area contributed by atoms with E-state index >= 15 is 0 Å². The summed E-state index contributed by atoms with van der Waals surface area (Å²) in [6.45, 7) is 1.80. The fraction of sp³-hybridized carbons (Fsp3) is 0.400. The van der Waals surface area contributed by atoms with Gasteiger partial charge in [-0.3, -0.25) is 4.79 Å². The van der Waals surface area contributed by atoms with Crippen molar-refractivity contribution in [1.29, 1.82) is 0 Å². The second-order valence-electron chi connectivity index (χ2n) is 5.24. The highest BCUT2D eigenvalue weighted by Gasteiger charge is 2.19. The molecule has 0 spiro atoms. The van der Waals surface area contributed by atoms with Crippen LogP contribution < -0.4 is 5.43 Å². The second kappa shape index (κ2) is 4.23. The van der Waals surface area contributed by atoms with Crippen LogP contribution in [0.3, 0.4) is 0 Å². The number of halogens is 1. The average Bonchev–Trinajstić information content (AvgIpc) is 2.83. The van der Waals surface area contributed by atoms with Crippen LogP contribution in [-0.2, 0) is 0 Å². The predicted molar refractivity (Wildman–Crippen MR) is 70.5 cm³/mol. The third kappa shape index (κ3) is 1.84. The highest BCUT2D eigenvalue weighted by atomic mass is 19.1. The molecule has 0 saturated heterocycles. The summed E-state index contributed by atoms with van der Waals surface area (Å²) in [6.07, 6.45) is 4.58. The number of aromatic nitrogens is 1. The maximum atomic E-state index is 13.9. The van der Waals surface area contributed by atoms with Crippen LogP contribution >= 0.6 is 0 Å². The molecule has 1 saturated carbocycles. The lowest BCUT2D eigenvalue weighted by Gasteiger charge is -2.11. The van der Waals surface area contributed by atoms with Crippen molar-refractivity contribution in [3.63, 3.8) is 0 Å². The van der Waals surface area contributed by atoms with Crippen molar-refractivity contribution in [2.75, 3.05) is 0 Å². The molecule has 0 atom stereocenters. The van der Waals surface area contributed by atoms with E-state index in [1.165, 1.54) is 18.9 Å². The van der Waals surface area contributed by atoms with E-state index in [9.17, 15) is 9.18 Å². The molecular weight excluding hydrogens is 229 g/mol. The molecule has 1 aliphatic rings. The number of hydrogen-bond acceptors (Lipinski definition) is 1. The van der Waals surface area contributed by atoms with Crippen LogP contribution in [0.15, 0.2) is 23.0 Å². The van der Waals surface area contributed by atoms with E-state index in [0.29, 0.717) is 16.8 Å². The summed E-state index contributed by atoms with van der Waals surface area (Å²) in [5, 5.41) is 0.453. The van der Waals surface area contributed by atoms with E-state index < -0.39 is 0 Å². The molecule has 3 heteroatoms. The number of aryl methyl sites for hydroxylation is 1. The monoisotopic (exact) mass is 245 g/mol. The number of H-pyrrole nitrogens is 1. The summed E-state index contributed by atoms with van der Waals surface area (Å²) in [4.78, 5) is 15.2. The van der Waals surface area contributed by atoms with Crippen molar-refractivity contribution >= 4 is 10.9 Å². The molecule has 3 rings (SSSR count).